The Morgan fingerprint density at radius 3 is 2.71 bits per heavy atom. The number of benzene rings is 2. The normalized spacial score (nSPS) is 20.8. The van der Waals surface area contributed by atoms with E-state index in [0.29, 0.717) is 34.8 Å². The zero-order chi connectivity index (χ0) is 20.1. The molecule has 0 unspecified atom stereocenters. The molecule has 6 nitrogen and oxygen atoms in total. The molecule has 2 heterocycles. The second kappa shape index (κ2) is 6.63. The van der Waals surface area contributed by atoms with Crippen LogP contribution in [0, 0.1) is 6.92 Å². The van der Waals surface area contributed by atoms with Crippen LogP contribution in [0.4, 0.5) is 11.4 Å². The van der Waals surface area contributed by atoms with Crippen LogP contribution in [0.5, 0.6) is 0 Å². The predicted molar refractivity (Wildman–Crippen MR) is 107 cm³/mol. The van der Waals surface area contributed by atoms with Crippen molar-refractivity contribution >= 4 is 40.7 Å². The summed E-state index contributed by atoms with van der Waals surface area (Å²) in [5.74, 6) is -0.664. The molecule has 1 fully saturated rings. The summed E-state index contributed by atoms with van der Waals surface area (Å²) < 4.78 is 0. The van der Waals surface area contributed by atoms with E-state index in [1.807, 2.05) is 19.9 Å². The SMILES string of the molecule is Cc1ccc(NC(=O)CN2C(=O)c3ccccc3N3C(=O)CC[C@@]23C)c(Cl)c1. The van der Waals surface area contributed by atoms with E-state index < -0.39 is 5.66 Å². The van der Waals surface area contributed by atoms with Crippen molar-refractivity contribution in [3.8, 4) is 0 Å². The first kappa shape index (κ1) is 18.5. The van der Waals surface area contributed by atoms with Crippen molar-refractivity contribution in [3.63, 3.8) is 0 Å². The highest BCUT2D eigenvalue weighted by atomic mass is 35.5. The average Bonchev–Trinajstić information content (AvgIpc) is 2.97. The largest absolute Gasteiger partial charge is 0.323 e. The molecule has 0 saturated carbocycles. The molecule has 2 aromatic carbocycles. The van der Waals surface area contributed by atoms with Crippen LogP contribution in [-0.2, 0) is 9.59 Å². The number of hydrogen-bond acceptors (Lipinski definition) is 3. The highest BCUT2D eigenvalue weighted by Gasteiger charge is 2.53. The van der Waals surface area contributed by atoms with E-state index in [-0.39, 0.29) is 24.3 Å². The van der Waals surface area contributed by atoms with Crippen molar-refractivity contribution in [1.82, 2.24) is 4.90 Å². The average molecular weight is 398 g/mol. The van der Waals surface area contributed by atoms with Gasteiger partial charge in [0.15, 0.2) is 0 Å². The van der Waals surface area contributed by atoms with Crippen LogP contribution < -0.4 is 10.2 Å². The molecule has 1 N–H and O–H groups in total. The van der Waals surface area contributed by atoms with E-state index in [4.69, 9.17) is 11.6 Å². The molecule has 2 aliphatic rings. The Hall–Kier alpha value is -2.86. The molecule has 3 amide bonds. The van der Waals surface area contributed by atoms with Gasteiger partial charge in [0.25, 0.3) is 5.91 Å². The zero-order valence-electron chi connectivity index (χ0n) is 15.7. The van der Waals surface area contributed by atoms with Gasteiger partial charge >= 0.3 is 0 Å². The summed E-state index contributed by atoms with van der Waals surface area (Å²) in [5, 5.41) is 3.21. The number of halogens is 1. The summed E-state index contributed by atoms with van der Waals surface area (Å²) in [4.78, 5) is 41.6. The number of fused-ring (bicyclic) bond motifs is 3. The third-order valence-electron chi connectivity index (χ3n) is 5.45. The van der Waals surface area contributed by atoms with Crippen molar-refractivity contribution in [2.45, 2.75) is 32.4 Å². The number of para-hydroxylation sites is 1. The summed E-state index contributed by atoms with van der Waals surface area (Å²) in [6, 6.07) is 12.4. The van der Waals surface area contributed by atoms with Gasteiger partial charge < -0.3 is 10.2 Å². The summed E-state index contributed by atoms with van der Waals surface area (Å²) in [6.45, 7) is 3.57. The Balaban J connectivity index is 1.64. The molecule has 2 aliphatic heterocycles. The van der Waals surface area contributed by atoms with E-state index >= 15 is 0 Å². The fourth-order valence-electron chi connectivity index (χ4n) is 4.00. The number of nitrogens with zero attached hydrogens (tertiary/aromatic N) is 2. The van der Waals surface area contributed by atoms with E-state index in [2.05, 4.69) is 5.32 Å². The minimum atomic E-state index is -0.864. The summed E-state index contributed by atoms with van der Waals surface area (Å²) >= 11 is 6.20. The molecular formula is C21H20ClN3O3. The molecule has 0 aliphatic carbocycles. The molecule has 0 aromatic heterocycles. The zero-order valence-corrected chi connectivity index (χ0v) is 16.4. The maximum Gasteiger partial charge on any atom is 0.258 e. The van der Waals surface area contributed by atoms with Gasteiger partial charge in [-0.05, 0) is 50.1 Å². The molecule has 144 valence electrons. The number of nitrogens with one attached hydrogen (secondary N) is 1. The van der Waals surface area contributed by atoms with E-state index in [9.17, 15) is 14.4 Å². The summed E-state index contributed by atoms with van der Waals surface area (Å²) in [5.41, 5.74) is 1.65. The molecule has 2 aromatic rings. The fraction of sp³-hybridized carbons (Fsp3) is 0.286. The number of aryl methyl sites for hydroxylation is 1. The lowest BCUT2D eigenvalue weighted by Gasteiger charge is -2.48. The van der Waals surface area contributed by atoms with Gasteiger partial charge in [-0.1, -0.05) is 29.8 Å². The van der Waals surface area contributed by atoms with Gasteiger partial charge in [-0.2, -0.15) is 0 Å². The maximum absolute atomic E-state index is 13.2. The van der Waals surface area contributed by atoms with Gasteiger partial charge in [-0.3, -0.25) is 19.3 Å². The van der Waals surface area contributed by atoms with Crippen LogP contribution in [0.2, 0.25) is 5.02 Å². The molecule has 1 atom stereocenters. The predicted octanol–water partition coefficient (Wildman–Crippen LogP) is 3.59. The van der Waals surface area contributed by atoms with E-state index in [0.717, 1.165) is 5.56 Å². The molecule has 28 heavy (non-hydrogen) atoms. The topological polar surface area (TPSA) is 69.7 Å². The van der Waals surface area contributed by atoms with Crippen molar-refractivity contribution in [1.29, 1.82) is 0 Å². The minimum absolute atomic E-state index is 0.0468. The van der Waals surface area contributed by atoms with Crippen LogP contribution in [0.1, 0.15) is 35.7 Å². The fourth-order valence-corrected chi connectivity index (χ4v) is 4.28. The van der Waals surface area contributed by atoms with Gasteiger partial charge in [0, 0.05) is 6.42 Å². The molecule has 7 heteroatoms. The van der Waals surface area contributed by atoms with Crippen LogP contribution in [0.25, 0.3) is 0 Å². The van der Waals surface area contributed by atoms with Gasteiger partial charge in [-0.25, -0.2) is 0 Å². The van der Waals surface area contributed by atoms with E-state index in [1.165, 1.54) is 4.90 Å². The first-order valence-corrected chi connectivity index (χ1v) is 9.49. The van der Waals surface area contributed by atoms with Crippen molar-refractivity contribution in [3.05, 3.63) is 58.6 Å². The lowest BCUT2D eigenvalue weighted by Crippen LogP contribution is -2.63. The number of anilines is 2. The van der Waals surface area contributed by atoms with Crippen molar-refractivity contribution < 1.29 is 14.4 Å². The van der Waals surface area contributed by atoms with Crippen LogP contribution in [0.15, 0.2) is 42.5 Å². The molecule has 0 spiro atoms. The smallest absolute Gasteiger partial charge is 0.258 e. The van der Waals surface area contributed by atoms with Crippen molar-refractivity contribution in [2.75, 3.05) is 16.8 Å². The third kappa shape index (κ3) is 2.85. The Morgan fingerprint density at radius 2 is 1.96 bits per heavy atom. The lowest BCUT2D eigenvalue weighted by atomic mass is 9.98. The Bertz CT molecular complexity index is 1010. The molecular weight excluding hydrogens is 378 g/mol. The maximum atomic E-state index is 13.2. The van der Waals surface area contributed by atoms with Gasteiger partial charge in [-0.15, -0.1) is 0 Å². The second-order valence-corrected chi connectivity index (χ2v) is 7.79. The van der Waals surface area contributed by atoms with Crippen molar-refractivity contribution in [2.24, 2.45) is 0 Å². The first-order valence-electron chi connectivity index (χ1n) is 9.11. The number of amides is 3. The van der Waals surface area contributed by atoms with Gasteiger partial charge in [0.05, 0.1) is 22.0 Å². The standard InChI is InChI=1S/C21H20ClN3O3/c1-13-7-8-16(15(22)11-13)23-18(26)12-24-20(28)14-5-3-4-6-17(14)25-19(27)9-10-21(24,25)2/h3-8,11H,9-10,12H2,1-2H3,(H,23,26)/t21-/m0/s1. The number of carbonyl (C=O) groups excluding carboxylic acids is 3. The molecule has 0 bridgehead atoms. The summed E-state index contributed by atoms with van der Waals surface area (Å²) in [7, 11) is 0. The molecule has 1 saturated heterocycles. The van der Waals surface area contributed by atoms with Crippen LogP contribution in [-0.4, -0.2) is 34.8 Å². The molecule has 0 radical (unpaired) electrons. The Kier molecular flexibility index (Phi) is 4.38. The van der Waals surface area contributed by atoms with Crippen LogP contribution in [0.3, 0.4) is 0 Å². The summed E-state index contributed by atoms with van der Waals surface area (Å²) in [6.07, 6.45) is 0.810. The minimum Gasteiger partial charge on any atom is -0.323 e. The lowest BCUT2D eigenvalue weighted by molar-refractivity contribution is -0.120. The van der Waals surface area contributed by atoms with Gasteiger partial charge in [0.1, 0.15) is 12.2 Å². The number of hydrogen-bond donors (Lipinski definition) is 1. The highest BCUT2D eigenvalue weighted by molar-refractivity contribution is 6.33. The van der Waals surface area contributed by atoms with E-state index in [1.54, 1.807) is 41.3 Å². The number of rotatable bonds is 3. The van der Waals surface area contributed by atoms with Gasteiger partial charge in [0.2, 0.25) is 11.8 Å². The quantitative estimate of drug-likeness (QED) is 0.860. The number of carbonyl (C=O) groups is 3. The third-order valence-corrected chi connectivity index (χ3v) is 5.76. The highest BCUT2D eigenvalue weighted by Crippen LogP contribution is 2.43. The molecule has 4 rings (SSSR count). The monoisotopic (exact) mass is 397 g/mol. The second-order valence-electron chi connectivity index (χ2n) is 7.39. The van der Waals surface area contributed by atoms with Crippen LogP contribution >= 0.6 is 11.6 Å². The Labute approximate surface area is 168 Å². The Morgan fingerprint density at radius 1 is 1.21 bits per heavy atom. The first-order chi connectivity index (χ1) is 13.3.